The van der Waals surface area contributed by atoms with Crippen molar-refractivity contribution in [1.82, 2.24) is 4.98 Å². The summed E-state index contributed by atoms with van der Waals surface area (Å²) in [6.07, 6.45) is 3.56. The molecule has 6 heteroatoms. The van der Waals surface area contributed by atoms with Crippen molar-refractivity contribution in [3.63, 3.8) is 0 Å². The number of thiophene rings is 1. The Morgan fingerprint density at radius 3 is 2.78 bits per heavy atom. The Morgan fingerprint density at radius 2 is 2.11 bits per heavy atom. The molecule has 27 heavy (non-hydrogen) atoms. The minimum atomic E-state index is 0.0192. The number of pyridine rings is 1. The van der Waals surface area contributed by atoms with Gasteiger partial charge in [-0.1, -0.05) is 6.07 Å². The molecule has 136 valence electrons. The maximum Gasteiger partial charge on any atom is 0.227 e. The molecule has 0 spiro atoms. The summed E-state index contributed by atoms with van der Waals surface area (Å²) in [6, 6.07) is 9.47. The van der Waals surface area contributed by atoms with Crippen molar-refractivity contribution in [1.29, 1.82) is 0 Å². The van der Waals surface area contributed by atoms with E-state index in [0.29, 0.717) is 36.4 Å². The van der Waals surface area contributed by atoms with Gasteiger partial charge in [0.25, 0.3) is 0 Å². The summed E-state index contributed by atoms with van der Waals surface area (Å²) in [5.74, 6) is 0.622. The number of aromatic nitrogens is 1. The fourth-order valence-corrected chi connectivity index (χ4v) is 4.05. The third kappa shape index (κ3) is 3.24. The van der Waals surface area contributed by atoms with Gasteiger partial charge in [-0.15, -0.1) is 0 Å². The quantitative estimate of drug-likeness (QED) is 0.627. The second kappa shape index (κ2) is 7.32. The van der Waals surface area contributed by atoms with Gasteiger partial charge in [0.2, 0.25) is 5.91 Å². The van der Waals surface area contributed by atoms with E-state index in [1.54, 1.807) is 41.7 Å². The van der Waals surface area contributed by atoms with Gasteiger partial charge in [0.1, 0.15) is 12.0 Å². The molecule has 0 saturated heterocycles. The van der Waals surface area contributed by atoms with E-state index < -0.39 is 0 Å². The fraction of sp³-hybridized carbons (Fsp3) is 0.190. The first kappa shape index (κ1) is 17.4. The van der Waals surface area contributed by atoms with E-state index in [1.807, 2.05) is 23.6 Å². The maximum absolute atomic E-state index is 12.6. The lowest BCUT2D eigenvalue weighted by atomic mass is 9.95. The van der Waals surface area contributed by atoms with Crippen LogP contribution in [0.2, 0.25) is 0 Å². The third-order valence-corrected chi connectivity index (χ3v) is 5.45. The van der Waals surface area contributed by atoms with Gasteiger partial charge in [-0.2, -0.15) is 11.3 Å². The summed E-state index contributed by atoms with van der Waals surface area (Å²) in [5, 5.41) is 4.07. The molecule has 1 aliphatic heterocycles. The predicted molar refractivity (Wildman–Crippen MR) is 105 cm³/mol. The van der Waals surface area contributed by atoms with E-state index in [4.69, 9.17) is 4.74 Å². The Balaban J connectivity index is 1.68. The summed E-state index contributed by atoms with van der Waals surface area (Å²) in [6.45, 7) is 0.390. The van der Waals surface area contributed by atoms with Gasteiger partial charge in [0.05, 0.1) is 25.0 Å². The first-order valence-electron chi connectivity index (χ1n) is 8.64. The molecule has 5 nitrogen and oxygen atoms in total. The zero-order valence-corrected chi connectivity index (χ0v) is 15.7. The van der Waals surface area contributed by atoms with Crippen LogP contribution < -0.4 is 9.64 Å². The number of methoxy groups -OCH3 is 1. The number of carbonyl (C=O) groups excluding carboxylic acids is 2. The Labute approximate surface area is 161 Å². The highest BCUT2D eigenvalue weighted by molar-refractivity contribution is 7.08. The van der Waals surface area contributed by atoms with Crippen molar-refractivity contribution in [2.24, 2.45) is 0 Å². The summed E-state index contributed by atoms with van der Waals surface area (Å²) in [7, 11) is 1.57. The summed E-state index contributed by atoms with van der Waals surface area (Å²) < 4.78 is 5.47. The SMILES string of the molecule is COc1ccc(C=O)c2c1N(Cc1ccc(-c3ccsc3)nc1)C(=O)CC2. The molecule has 0 saturated carbocycles. The molecule has 1 amide bonds. The standard InChI is InChI=1S/C21H18N2O3S/c1-26-19-6-3-15(12-24)17-4-7-20(25)23(21(17)19)11-14-2-5-18(22-10-14)16-8-9-27-13-16/h2-3,5-6,8-10,12-13H,4,7,11H2,1H3. The molecule has 0 unspecified atom stereocenters. The number of amides is 1. The van der Waals surface area contributed by atoms with E-state index in [9.17, 15) is 9.59 Å². The van der Waals surface area contributed by atoms with Crippen LogP contribution in [0.3, 0.4) is 0 Å². The van der Waals surface area contributed by atoms with Crippen LogP contribution in [0.5, 0.6) is 5.75 Å². The molecule has 1 aliphatic rings. The van der Waals surface area contributed by atoms with Crippen molar-refractivity contribution in [3.8, 4) is 17.0 Å². The maximum atomic E-state index is 12.6. The van der Waals surface area contributed by atoms with Crippen LogP contribution in [-0.4, -0.2) is 24.3 Å². The van der Waals surface area contributed by atoms with E-state index in [-0.39, 0.29) is 5.91 Å². The Hall–Kier alpha value is -2.99. The first-order valence-corrected chi connectivity index (χ1v) is 9.58. The van der Waals surface area contributed by atoms with Crippen LogP contribution in [0.15, 0.2) is 47.3 Å². The van der Waals surface area contributed by atoms with Crippen LogP contribution in [-0.2, 0) is 17.8 Å². The summed E-state index contributed by atoms with van der Waals surface area (Å²) in [5.41, 5.74) is 5.09. The van der Waals surface area contributed by atoms with Crippen molar-refractivity contribution >= 4 is 29.2 Å². The number of nitrogens with zero attached hydrogens (tertiary/aromatic N) is 2. The number of carbonyl (C=O) groups is 2. The highest BCUT2D eigenvalue weighted by Crippen LogP contribution is 2.39. The molecule has 3 aromatic rings. The summed E-state index contributed by atoms with van der Waals surface area (Å²) in [4.78, 5) is 30.3. The highest BCUT2D eigenvalue weighted by atomic mass is 32.1. The van der Waals surface area contributed by atoms with Crippen LogP contribution in [0.1, 0.15) is 27.9 Å². The number of aldehydes is 1. The first-order chi connectivity index (χ1) is 13.2. The Kier molecular flexibility index (Phi) is 4.73. The van der Waals surface area contributed by atoms with Crippen LogP contribution >= 0.6 is 11.3 Å². The number of fused-ring (bicyclic) bond motifs is 1. The lowest BCUT2D eigenvalue weighted by molar-refractivity contribution is -0.119. The van der Waals surface area contributed by atoms with Crippen molar-refractivity contribution in [2.45, 2.75) is 19.4 Å². The number of benzene rings is 1. The average molecular weight is 378 g/mol. The van der Waals surface area contributed by atoms with E-state index >= 15 is 0 Å². The fourth-order valence-electron chi connectivity index (χ4n) is 3.40. The van der Waals surface area contributed by atoms with Gasteiger partial charge < -0.3 is 9.64 Å². The minimum Gasteiger partial charge on any atom is -0.495 e. The van der Waals surface area contributed by atoms with Gasteiger partial charge in [-0.3, -0.25) is 14.6 Å². The summed E-state index contributed by atoms with van der Waals surface area (Å²) >= 11 is 1.63. The van der Waals surface area contributed by atoms with Gasteiger partial charge >= 0.3 is 0 Å². The smallest absolute Gasteiger partial charge is 0.227 e. The van der Waals surface area contributed by atoms with Crippen molar-refractivity contribution in [2.75, 3.05) is 12.0 Å². The van der Waals surface area contributed by atoms with Gasteiger partial charge in [0.15, 0.2) is 0 Å². The molecule has 0 aliphatic carbocycles. The average Bonchev–Trinajstić information content (AvgIpc) is 3.24. The normalized spacial score (nSPS) is 13.4. The lowest BCUT2D eigenvalue weighted by Gasteiger charge is -2.31. The third-order valence-electron chi connectivity index (χ3n) is 4.77. The minimum absolute atomic E-state index is 0.0192. The van der Waals surface area contributed by atoms with E-state index in [2.05, 4.69) is 10.4 Å². The molecule has 3 heterocycles. The predicted octanol–water partition coefficient (Wildman–Crippen LogP) is 4.11. The van der Waals surface area contributed by atoms with Gasteiger partial charge in [-0.25, -0.2) is 0 Å². The second-order valence-electron chi connectivity index (χ2n) is 6.35. The molecule has 2 aromatic heterocycles. The molecular formula is C21H18N2O3S. The lowest BCUT2D eigenvalue weighted by Crippen LogP contribution is -2.35. The second-order valence-corrected chi connectivity index (χ2v) is 7.13. The highest BCUT2D eigenvalue weighted by Gasteiger charge is 2.29. The molecule has 0 radical (unpaired) electrons. The number of hydrogen-bond donors (Lipinski definition) is 0. The van der Waals surface area contributed by atoms with Gasteiger partial charge in [0, 0.05) is 29.1 Å². The molecule has 0 bridgehead atoms. The number of ether oxygens (including phenoxy) is 1. The number of anilines is 1. The molecule has 0 fully saturated rings. The molecule has 1 aromatic carbocycles. The monoisotopic (exact) mass is 378 g/mol. The van der Waals surface area contributed by atoms with E-state index in [0.717, 1.165) is 28.7 Å². The molecular weight excluding hydrogens is 360 g/mol. The molecule has 0 atom stereocenters. The largest absolute Gasteiger partial charge is 0.495 e. The molecule has 4 rings (SSSR count). The van der Waals surface area contributed by atoms with E-state index in [1.165, 1.54) is 0 Å². The number of hydrogen-bond acceptors (Lipinski definition) is 5. The zero-order valence-electron chi connectivity index (χ0n) is 14.8. The van der Waals surface area contributed by atoms with Crippen molar-refractivity contribution < 1.29 is 14.3 Å². The molecule has 0 N–H and O–H groups in total. The topological polar surface area (TPSA) is 59.5 Å². The van der Waals surface area contributed by atoms with Crippen LogP contribution in [0, 0.1) is 0 Å². The zero-order chi connectivity index (χ0) is 18.8. The van der Waals surface area contributed by atoms with Gasteiger partial charge in [-0.05, 0) is 47.2 Å². The Morgan fingerprint density at radius 1 is 1.22 bits per heavy atom. The van der Waals surface area contributed by atoms with Crippen LogP contribution in [0.4, 0.5) is 5.69 Å². The van der Waals surface area contributed by atoms with Crippen LogP contribution in [0.25, 0.3) is 11.3 Å². The van der Waals surface area contributed by atoms with Crippen molar-refractivity contribution in [3.05, 3.63) is 64.0 Å². The Bertz CT molecular complexity index is 981. The number of rotatable bonds is 5.